The minimum Gasteiger partial charge on any atom is -0.335 e. The summed E-state index contributed by atoms with van der Waals surface area (Å²) in [5, 5.41) is 13.2. The molecule has 2 heterocycles. The van der Waals surface area contributed by atoms with Crippen LogP contribution in [0.3, 0.4) is 0 Å². The van der Waals surface area contributed by atoms with Gasteiger partial charge in [-0.25, -0.2) is 9.66 Å². The smallest absolute Gasteiger partial charge is 0.236 e. The molecule has 0 atom stereocenters. The average molecular weight is 536 g/mol. The van der Waals surface area contributed by atoms with Crippen LogP contribution in [0.4, 0.5) is 5.13 Å². The van der Waals surface area contributed by atoms with E-state index < -0.39 is 0 Å². The van der Waals surface area contributed by atoms with E-state index in [1.165, 1.54) is 59.8 Å². The van der Waals surface area contributed by atoms with Crippen molar-refractivity contribution in [2.24, 2.45) is 17.8 Å². The Bertz CT molecular complexity index is 1220. The maximum Gasteiger partial charge on any atom is 0.236 e. The van der Waals surface area contributed by atoms with Gasteiger partial charge in [0, 0.05) is 27.1 Å². The van der Waals surface area contributed by atoms with Gasteiger partial charge >= 0.3 is 0 Å². The standard InChI is InChI=1S/C23H24Cl2N6OS2/c24-15-1-2-16(17(25)6-15)20-29-30-22(31(20)26)33-11-19(32)28-21-27-10-18(34-21)23-7-12-3-13(8-23)5-14(4-12)9-23/h1-2,6,10,12-14H,3-5,7-9,11,26H2,(H,27,28,32). The minimum atomic E-state index is -0.148. The van der Waals surface area contributed by atoms with E-state index >= 15 is 0 Å². The van der Waals surface area contributed by atoms with Crippen LogP contribution in [-0.2, 0) is 10.2 Å². The molecule has 3 aromatic rings. The first kappa shape index (κ1) is 22.6. The topological polar surface area (TPSA) is 98.7 Å². The van der Waals surface area contributed by atoms with Crippen molar-refractivity contribution >= 4 is 57.3 Å². The maximum absolute atomic E-state index is 12.6. The molecule has 0 unspecified atom stereocenters. The molecule has 4 bridgehead atoms. The number of thioether (sulfide) groups is 1. The van der Waals surface area contributed by atoms with Crippen LogP contribution >= 0.6 is 46.3 Å². The molecule has 178 valence electrons. The van der Waals surface area contributed by atoms with E-state index in [-0.39, 0.29) is 11.7 Å². The SMILES string of the molecule is Nn1c(SCC(=O)Nc2ncc(C34CC5CC(CC(C5)C3)C4)s2)nnc1-c1ccc(Cl)cc1Cl. The summed E-state index contributed by atoms with van der Waals surface area (Å²) in [6, 6.07) is 5.07. The second kappa shape index (κ2) is 8.69. The summed E-state index contributed by atoms with van der Waals surface area (Å²) in [4.78, 5) is 18.5. The summed E-state index contributed by atoms with van der Waals surface area (Å²) in [6.07, 6.45) is 10.1. The lowest BCUT2D eigenvalue weighted by molar-refractivity contribution is -0.113. The third kappa shape index (κ3) is 4.10. The van der Waals surface area contributed by atoms with Crippen LogP contribution in [0.15, 0.2) is 29.6 Å². The summed E-state index contributed by atoms with van der Waals surface area (Å²) in [6.45, 7) is 0. The molecule has 1 aromatic carbocycles. The lowest BCUT2D eigenvalue weighted by Crippen LogP contribution is -2.48. The van der Waals surface area contributed by atoms with Gasteiger partial charge in [0.1, 0.15) is 0 Å². The Hall–Kier alpha value is -1.81. The lowest BCUT2D eigenvalue weighted by Gasteiger charge is -2.56. The number of aromatic nitrogens is 4. The van der Waals surface area contributed by atoms with Gasteiger partial charge in [-0.1, -0.05) is 35.0 Å². The highest BCUT2D eigenvalue weighted by Crippen LogP contribution is 2.61. The second-order valence-corrected chi connectivity index (χ2v) is 12.7. The molecule has 7 rings (SSSR count). The number of halogens is 2. The molecule has 0 saturated heterocycles. The third-order valence-electron chi connectivity index (χ3n) is 7.48. The Balaban J connectivity index is 1.09. The fourth-order valence-corrected chi connectivity index (χ4v) is 8.70. The zero-order chi connectivity index (χ0) is 23.4. The van der Waals surface area contributed by atoms with Crippen LogP contribution in [0.5, 0.6) is 0 Å². The first-order chi connectivity index (χ1) is 16.4. The third-order valence-corrected chi connectivity index (χ3v) is 10.1. The molecular weight excluding hydrogens is 511 g/mol. The Morgan fingerprint density at radius 1 is 1.18 bits per heavy atom. The molecule has 0 radical (unpaired) electrons. The Labute approximate surface area is 215 Å². The Morgan fingerprint density at radius 3 is 2.56 bits per heavy atom. The number of carbonyl (C=O) groups is 1. The van der Waals surface area contributed by atoms with Crippen molar-refractivity contribution in [2.45, 2.75) is 49.1 Å². The maximum atomic E-state index is 12.6. The zero-order valence-electron chi connectivity index (χ0n) is 18.3. The molecule has 4 aliphatic carbocycles. The molecule has 7 nitrogen and oxygen atoms in total. The molecule has 4 fully saturated rings. The molecule has 2 aromatic heterocycles. The van der Waals surface area contributed by atoms with E-state index in [1.807, 2.05) is 6.20 Å². The molecule has 4 saturated carbocycles. The number of thiazole rings is 1. The molecule has 4 aliphatic rings. The quantitative estimate of drug-likeness (QED) is 0.314. The van der Waals surface area contributed by atoms with Gasteiger partial charge in [-0.3, -0.25) is 4.79 Å². The molecule has 1 amide bonds. The number of benzene rings is 1. The van der Waals surface area contributed by atoms with Gasteiger partial charge in [-0.2, -0.15) is 0 Å². The largest absolute Gasteiger partial charge is 0.335 e. The molecule has 0 spiro atoms. The van der Waals surface area contributed by atoms with Gasteiger partial charge in [-0.05, 0) is 74.5 Å². The van der Waals surface area contributed by atoms with Gasteiger partial charge in [-0.15, -0.1) is 21.5 Å². The lowest BCUT2D eigenvalue weighted by atomic mass is 9.49. The molecule has 3 N–H and O–H groups in total. The van der Waals surface area contributed by atoms with Crippen molar-refractivity contribution < 1.29 is 4.79 Å². The van der Waals surface area contributed by atoms with Gasteiger partial charge < -0.3 is 11.2 Å². The predicted octanol–water partition coefficient (Wildman–Crippen LogP) is 5.62. The summed E-state index contributed by atoms with van der Waals surface area (Å²) < 4.78 is 1.33. The van der Waals surface area contributed by atoms with Gasteiger partial charge in [0.05, 0.1) is 10.8 Å². The predicted molar refractivity (Wildman–Crippen MR) is 137 cm³/mol. The van der Waals surface area contributed by atoms with E-state index in [2.05, 4.69) is 20.5 Å². The Morgan fingerprint density at radius 2 is 1.88 bits per heavy atom. The normalized spacial score (nSPS) is 27.3. The minimum absolute atomic E-state index is 0.148. The number of nitrogens with zero attached hydrogens (tertiary/aromatic N) is 4. The van der Waals surface area contributed by atoms with Gasteiger partial charge in [0.25, 0.3) is 0 Å². The van der Waals surface area contributed by atoms with E-state index in [9.17, 15) is 4.79 Å². The van der Waals surface area contributed by atoms with Crippen LogP contribution in [0.1, 0.15) is 43.4 Å². The van der Waals surface area contributed by atoms with E-state index in [0.29, 0.717) is 37.1 Å². The van der Waals surface area contributed by atoms with Crippen molar-refractivity contribution in [1.82, 2.24) is 19.9 Å². The van der Waals surface area contributed by atoms with Crippen LogP contribution in [0.2, 0.25) is 10.0 Å². The zero-order valence-corrected chi connectivity index (χ0v) is 21.5. The summed E-state index contributed by atoms with van der Waals surface area (Å²) in [5.41, 5.74) is 0.914. The van der Waals surface area contributed by atoms with Crippen molar-refractivity contribution in [3.63, 3.8) is 0 Å². The second-order valence-electron chi connectivity index (χ2n) is 9.86. The first-order valence-electron chi connectivity index (χ1n) is 11.4. The average Bonchev–Trinajstić information content (AvgIpc) is 3.39. The van der Waals surface area contributed by atoms with Crippen LogP contribution in [0, 0.1) is 17.8 Å². The van der Waals surface area contributed by atoms with E-state index in [4.69, 9.17) is 29.0 Å². The summed E-state index contributed by atoms with van der Waals surface area (Å²) in [7, 11) is 0. The van der Waals surface area contributed by atoms with Crippen LogP contribution < -0.4 is 11.2 Å². The number of hydrogen-bond donors (Lipinski definition) is 2. The summed E-state index contributed by atoms with van der Waals surface area (Å²) >= 11 is 15.1. The number of rotatable bonds is 6. The van der Waals surface area contributed by atoms with Crippen molar-refractivity contribution in [1.29, 1.82) is 0 Å². The first-order valence-corrected chi connectivity index (χ1v) is 14.0. The number of nitrogens with two attached hydrogens (primary N) is 1. The van der Waals surface area contributed by atoms with E-state index in [1.54, 1.807) is 29.5 Å². The fraction of sp³-hybridized carbons (Fsp3) is 0.478. The number of anilines is 1. The van der Waals surface area contributed by atoms with Crippen LogP contribution in [0.25, 0.3) is 11.4 Å². The van der Waals surface area contributed by atoms with Crippen LogP contribution in [-0.4, -0.2) is 31.5 Å². The molecular formula is C23H24Cl2N6OS2. The Kier molecular flexibility index (Phi) is 5.79. The highest BCUT2D eigenvalue weighted by atomic mass is 35.5. The molecule has 34 heavy (non-hydrogen) atoms. The molecule has 0 aliphatic heterocycles. The number of hydrogen-bond acceptors (Lipinski definition) is 7. The van der Waals surface area contributed by atoms with Crippen molar-refractivity contribution in [2.75, 3.05) is 16.9 Å². The molecule has 11 heteroatoms. The summed E-state index contributed by atoms with van der Waals surface area (Å²) in [5.74, 6) is 9.21. The van der Waals surface area contributed by atoms with Crippen molar-refractivity contribution in [3.8, 4) is 11.4 Å². The number of nitrogens with one attached hydrogen (secondary N) is 1. The van der Waals surface area contributed by atoms with E-state index in [0.717, 1.165) is 17.8 Å². The van der Waals surface area contributed by atoms with Crippen molar-refractivity contribution in [3.05, 3.63) is 39.3 Å². The highest BCUT2D eigenvalue weighted by molar-refractivity contribution is 7.99. The number of amides is 1. The fourth-order valence-electron chi connectivity index (χ4n) is 6.50. The monoisotopic (exact) mass is 534 g/mol. The highest BCUT2D eigenvalue weighted by Gasteiger charge is 2.52. The van der Waals surface area contributed by atoms with Gasteiger partial charge in [0.15, 0.2) is 11.0 Å². The number of carbonyl (C=O) groups excluding carboxylic acids is 1. The van der Waals surface area contributed by atoms with Gasteiger partial charge in [0.2, 0.25) is 11.1 Å². The number of nitrogen functional groups attached to an aromatic ring is 1.